The Morgan fingerprint density at radius 3 is 3.00 bits per heavy atom. The molecule has 3 unspecified atom stereocenters. The minimum absolute atomic E-state index is 0.370. The highest BCUT2D eigenvalue weighted by atomic mass is 16.1. The molecule has 3 atom stereocenters. The Balaban J connectivity index is 2.07. The van der Waals surface area contributed by atoms with Gasteiger partial charge >= 0.3 is 0 Å². The molecule has 2 aliphatic carbocycles. The van der Waals surface area contributed by atoms with E-state index in [0.29, 0.717) is 5.92 Å². The second-order valence-corrected chi connectivity index (χ2v) is 4.01. The first kappa shape index (κ1) is 7.08. The van der Waals surface area contributed by atoms with E-state index in [4.69, 9.17) is 0 Å². The molecule has 2 aliphatic rings. The normalized spacial score (nSPS) is 41.9. The lowest BCUT2D eigenvalue weighted by Crippen LogP contribution is -1.97. The van der Waals surface area contributed by atoms with Crippen molar-refractivity contribution >= 4 is 6.29 Å². The number of fused-ring (bicyclic) bond motifs is 1. The van der Waals surface area contributed by atoms with Crippen molar-refractivity contribution in [3.63, 3.8) is 0 Å². The minimum atomic E-state index is 0.370. The summed E-state index contributed by atoms with van der Waals surface area (Å²) in [4.78, 5) is 10.5. The summed E-state index contributed by atoms with van der Waals surface area (Å²) in [5.74, 6) is 1.92. The Morgan fingerprint density at radius 2 is 2.36 bits per heavy atom. The van der Waals surface area contributed by atoms with Crippen LogP contribution in [0.5, 0.6) is 0 Å². The van der Waals surface area contributed by atoms with Gasteiger partial charge in [-0.3, -0.25) is 0 Å². The fourth-order valence-electron chi connectivity index (χ4n) is 2.60. The number of carbonyl (C=O) groups is 1. The number of allylic oxidation sites excluding steroid dienone is 2. The Hall–Kier alpha value is -0.590. The summed E-state index contributed by atoms with van der Waals surface area (Å²) in [7, 11) is 0. The molecule has 0 radical (unpaired) electrons. The van der Waals surface area contributed by atoms with Crippen LogP contribution in [0.1, 0.15) is 26.2 Å². The van der Waals surface area contributed by atoms with E-state index >= 15 is 0 Å². The molecule has 1 nitrogen and oxygen atoms in total. The molecule has 0 aromatic rings. The molecular weight excluding hydrogens is 136 g/mol. The lowest BCUT2D eigenvalue weighted by Gasteiger charge is -2.05. The molecule has 0 heterocycles. The van der Waals surface area contributed by atoms with E-state index < -0.39 is 0 Å². The second-order valence-electron chi connectivity index (χ2n) is 4.01. The van der Waals surface area contributed by atoms with Crippen LogP contribution in [-0.4, -0.2) is 6.29 Å². The largest absolute Gasteiger partial charge is 0.303 e. The monoisotopic (exact) mass is 150 g/mol. The Kier molecular flexibility index (Phi) is 1.59. The number of hydrogen-bond donors (Lipinski definition) is 0. The fourth-order valence-corrected chi connectivity index (χ4v) is 2.60. The fraction of sp³-hybridized carbons (Fsp3) is 0.700. The van der Waals surface area contributed by atoms with Crippen molar-refractivity contribution in [3.05, 3.63) is 11.6 Å². The number of hydrogen-bond acceptors (Lipinski definition) is 1. The highest BCUT2D eigenvalue weighted by molar-refractivity contribution is 5.54. The standard InChI is InChI=1S/C10H14O/c1-7-2-9-4-8(6-11)5-10(9)3-7/h2,6,8-10H,3-5H2,1H3. The van der Waals surface area contributed by atoms with E-state index in [-0.39, 0.29) is 0 Å². The van der Waals surface area contributed by atoms with E-state index in [1.807, 2.05) is 0 Å². The highest BCUT2D eigenvalue weighted by Crippen LogP contribution is 2.44. The molecule has 0 aromatic carbocycles. The molecule has 2 rings (SSSR count). The quantitative estimate of drug-likeness (QED) is 0.413. The van der Waals surface area contributed by atoms with Crippen molar-refractivity contribution in [1.29, 1.82) is 0 Å². The van der Waals surface area contributed by atoms with Gasteiger partial charge in [0, 0.05) is 5.92 Å². The number of rotatable bonds is 1. The first-order chi connectivity index (χ1) is 5.29. The molecule has 0 aromatic heterocycles. The van der Waals surface area contributed by atoms with Crippen molar-refractivity contribution < 1.29 is 4.79 Å². The van der Waals surface area contributed by atoms with Crippen LogP contribution in [-0.2, 0) is 4.79 Å². The van der Waals surface area contributed by atoms with Gasteiger partial charge in [-0.25, -0.2) is 0 Å². The molecule has 0 bridgehead atoms. The first-order valence-corrected chi connectivity index (χ1v) is 4.42. The van der Waals surface area contributed by atoms with Crippen LogP contribution in [0.15, 0.2) is 11.6 Å². The van der Waals surface area contributed by atoms with Crippen molar-refractivity contribution in [2.75, 3.05) is 0 Å². The highest BCUT2D eigenvalue weighted by Gasteiger charge is 2.35. The lowest BCUT2D eigenvalue weighted by atomic mass is 10.00. The third-order valence-corrected chi connectivity index (χ3v) is 3.06. The van der Waals surface area contributed by atoms with E-state index in [1.54, 1.807) is 0 Å². The van der Waals surface area contributed by atoms with E-state index in [0.717, 1.165) is 31.0 Å². The second kappa shape index (κ2) is 2.47. The SMILES string of the molecule is CC1=CC2CC(C=O)CC2C1. The average Bonchev–Trinajstić information content (AvgIpc) is 2.43. The molecule has 0 amide bonds. The van der Waals surface area contributed by atoms with Gasteiger partial charge in [0.1, 0.15) is 6.29 Å². The molecule has 0 N–H and O–H groups in total. The average molecular weight is 150 g/mol. The van der Waals surface area contributed by atoms with Crippen LogP contribution in [0, 0.1) is 17.8 Å². The molecule has 0 saturated heterocycles. The molecular formula is C10H14O. The third kappa shape index (κ3) is 1.13. The summed E-state index contributed by atoms with van der Waals surface area (Å²) in [6.07, 6.45) is 7.01. The van der Waals surface area contributed by atoms with Crippen molar-refractivity contribution in [1.82, 2.24) is 0 Å². The van der Waals surface area contributed by atoms with Gasteiger partial charge in [0.05, 0.1) is 0 Å². The van der Waals surface area contributed by atoms with Crippen LogP contribution in [0.2, 0.25) is 0 Å². The maximum atomic E-state index is 10.5. The minimum Gasteiger partial charge on any atom is -0.303 e. The third-order valence-electron chi connectivity index (χ3n) is 3.06. The summed E-state index contributed by atoms with van der Waals surface area (Å²) in [6, 6.07) is 0. The smallest absolute Gasteiger partial charge is 0.123 e. The maximum absolute atomic E-state index is 10.5. The summed E-state index contributed by atoms with van der Waals surface area (Å²) in [5, 5.41) is 0. The Morgan fingerprint density at radius 1 is 1.55 bits per heavy atom. The first-order valence-electron chi connectivity index (χ1n) is 4.42. The van der Waals surface area contributed by atoms with Crippen LogP contribution in [0.25, 0.3) is 0 Å². The Bertz CT molecular complexity index is 205. The lowest BCUT2D eigenvalue weighted by molar-refractivity contribution is -0.111. The number of aldehydes is 1. The van der Waals surface area contributed by atoms with Crippen LogP contribution < -0.4 is 0 Å². The summed E-state index contributed by atoms with van der Waals surface area (Å²) >= 11 is 0. The molecule has 0 aliphatic heterocycles. The van der Waals surface area contributed by atoms with Crippen molar-refractivity contribution in [2.45, 2.75) is 26.2 Å². The van der Waals surface area contributed by atoms with Gasteiger partial charge < -0.3 is 4.79 Å². The van der Waals surface area contributed by atoms with Crippen LogP contribution in [0.4, 0.5) is 0 Å². The van der Waals surface area contributed by atoms with Gasteiger partial charge in [0.15, 0.2) is 0 Å². The van der Waals surface area contributed by atoms with E-state index in [9.17, 15) is 4.79 Å². The van der Waals surface area contributed by atoms with Crippen LogP contribution >= 0.6 is 0 Å². The predicted octanol–water partition coefficient (Wildman–Crippen LogP) is 2.18. The van der Waals surface area contributed by atoms with Gasteiger partial charge in [-0.1, -0.05) is 11.6 Å². The maximum Gasteiger partial charge on any atom is 0.123 e. The molecule has 1 fully saturated rings. The molecule has 1 saturated carbocycles. The van der Waals surface area contributed by atoms with Gasteiger partial charge in [-0.2, -0.15) is 0 Å². The summed E-state index contributed by atoms with van der Waals surface area (Å²) in [6.45, 7) is 2.20. The number of carbonyl (C=O) groups excluding carboxylic acids is 1. The topological polar surface area (TPSA) is 17.1 Å². The zero-order valence-electron chi connectivity index (χ0n) is 6.92. The molecule has 1 heteroatoms. The summed E-state index contributed by atoms with van der Waals surface area (Å²) in [5.41, 5.74) is 1.53. The van der Waals surface area contributed by atoms with Crippen molar-refractivity contribution in [3.8, 4) is 0 Å². The van der Waals surface area contributed by atoms with Gasteiger partial charge in [0.25, 0.3) is 0 Å². The van der Waals surface area contributed by atoms with Gasteiger partial charge in [-0.05, 0) is 38.0 Å². The molecule has 60 valence electrons. The van der Waals surface area contributed by atoms with Crippen LogP contribution in [0.3, 0.4) is 0 Å². The van der Waals surface area contributed by atoms with E-state index in [1.165, 1.54) is 12.0 Å². The zero-order chi connectivity index (χ0) is 7.84. The van der Waals surface area contributed by atoms with Crippen molar-refractivity contribution in [2.24, 2.45) is 17.8 Å². The summed E-state index contributed by atoms with van der Waals surface area (Å²) < 4.78 is 0. The molecule has 11 heavy (non-hydrogen) atoms. The Labute approximate surface area is 67.5 Å². The molecule has 0 spiro atoms. The van der Waals surface area contributed by atoms with E-state index in [2.05, 4.69) is 13.0 Å². The van der Waals surface area contributed by atoms with Gasteiger partial charge in [0.2, 0.25) is 0 Å². The zero-order valence-corrected chi connectivity index (χ0v) is 6.92. The van der Waals surface area contributed by atoms with Gasteiger partial charge in [-0.15, -0.1) is 0 Å². The predicted molar refractivity (Wildman–Crippen MR) is 44.1 cm³/mol.